The molecule has 0 N–H and O–H groups in total. The third kappa shape index (κ3) is 2.30. The minimum atomic E-state index is -0.469. The maximum absolute atomic E-state index is 11.9. The van der Waals surface area contributed by atoms with Gasteiger partial charge in [-0.05, 0) is 37.6 Å². The molecule has 0 fully saturated rings. The molecule has 3 aromatic rings. The fourth-order valence-corrected chi connectivity index (χ4v) is 2.15. The Morgan fingerprint density at radius 1 is 0.950 bits per heavy atom. The Balaban J connectivity index is 2.06. The van der Waals surface area contributed by atoms with Crippen molar-refractivity contribution in [1.29, 1.82) is 0 Å². The standard InChI is InChI=1S/C17H14O3/c1-11-7-8-14(12(2)9-11)19-16-10-13-5-3-4-6-15(13)20-17(16)18/h3-10H,1-2H3. The summed E-state index contributed by atoms with van der Waals surface area (Å²) in [6.07, 6.45) is 0. The molecule has 0 aliphatic rings. The van der Waals surface area contributed by atoms with E-state index in [1.165, 1.54) is 0 Å². The van der Waals surface area contributed by atoms with Gasteiger partial charge < -0.3 is 9.15 Å². The van der Waals surface area contributed by atoms with Gasteiger partial charge in [0, 0.05) is 5.39 Å². The Labute approximate surface area is 116 Å². The molecule has 3 nitrogen and oxygen atoms in total. The molecule has 100 valence electrons. The lowest BCUT2D eigenvalue weighted by Gasteiger charge is -2.08. The molecule has 0 amide bonds. The van der Waals surface area contributed by atoms with Gasteiger partial charge in [-0.3, -0.25) is 0 Å². The first-order valence-corrected chi connectivity index (χ1v) is 6.41. The van der Waals surface area contributed by atoms with Crippen molar-refractivity contribution in [2.24, 2.45) is 0 Å². The minimum Gasteiger partial charge on any atom is -0.449 e. The largest absolute Gasteiger partial charge is 0.449 e. The predicted molar refractivity (Wildman–Crippen MR) is 78.5 cm³/mol. The Kier molecular flexibility index (Phi) is 3.03. The van der Waals surface area contributed by atoms with Gasteiger partial charge >= 0.3 is 5.63 Å². The van der Waals surface area contributed by atoms with Gasteiger partial charge in [0.15, 0.2) is 0 Å². The zero-order chi connectivity index (χ0) is 14.1. The van der Waals surface area contributed by atoms with Gasteiger partial charge in [0.2, 0.25) is 5.75 Å². The maximum atomic E-state index is 11.9. The van der Waals surface area contributed by atoms with Gasteiger partial charge in [0.05, 0.1) is 0 Å². The first-order chi connectivity index (χ1) is 9.63. The fourth-order valence-electron chi connectivity index (χ4n) is 2.15. The second kappa shape index (κ2) is 4.85. The highest BCUT2D eigenvalue weighted by molar-refractivity contribution is 5.77. The maximum Gasteiger partial charge on any atom is 0.379 e. The highest BCUT2D eigenvalue weighted by Gasteiger charge is 2.08. The van der Waals surface area contributed by atoms with E-state index >= 15 is 0 Å². The third-order valence-corrected chi connectivity index (χ3v) is 3.16. The molecular weight excluding hydrogens is 252 g/mol. The molecule has 1 heterocycles. The lowest BCUT2D eigenvalue weighted by atomic mass is 10.1. The molecule has 0 aliphatic heterocycles. The van der Waals surface area contributed by atoms with Crippen LogP contribution in [0.1, 0.15) is 11.1 Å². The second-order valence-electron chi connectivity index (χ2n) is 4.81. The average Bonchev–Trinajstić information content (AvgIpc) is 2.42. The molecule has 0 saturated carbocycles. The number of para-hydroxylation sites is 1. The molecule has 0 saturated heterocycles. The number of benzene rings is 2. The summed E-state index contributed by atoms with van der Waals surface area (Å²) in [6, 6.07) is 14.9. The van der Waals surface area contributed by atoms with Gasteiger partial charge in [-0.15, -0.1) is 0 Å². The van der Waals surface area contributed by atoms with Crippen molar-refractivity contribution >= 4 is 11.0 Å². The number of rotatable bonds is 2. The predicted octanol–water partition coefficient (Wildman–Crippen LogP) is 4.20. The van der Waals surface area contributed by atoms with Crippen LogP contribution < -0.4 is 10.4 Å². The van der Waals surface area contributed by atoms with Crippen molar-refractivity contribution in [1.82, 2.24) is 0 Å². The van der Waals surface area contributed by atoms with Gasteiger partial charge in [0.25, 0.3) is 0 Å². The van der Waals surface area contributed by atoms with Crippen molar-refractivity contribution in [3.05, 3.63) is 70.1 Å². The molecule has 0 bridgehead atoms. The summed E-state index contributed by atoms with van der Waals surface area (Å²) in [5.74, 6) is 0.869. The van der Waals surface area contributed by atoms with Crippen molar-refractivity contribution in [2.75, 3.05) is 0 Å². The molecule has 3 rings (SSSR count). The van der Waals surface area contributed by atoms with E-state index in [1.807, 2.05) is 50.2 Å². The van der Waals surface area contributed by atoms with E-state index in [0.717, 1.165) is 16.5 Å². The Morgan fingerprint density at radius 3 is 2.55 bits per heavy atom. The number of fused-ring (bicyclic) bond motifs is 1. The highest BCUT2D eigenvalue weighted by Crippen LogP contribution is 2.25. The van der Waals surface area contributed by atoms with E-state index in [0.29, 0.717) is 11.3 Å². The monoisotopic (exact) mass is 266 g/mol. The summed E-state index contributed by atoms with van der Waals surface area (Å²) in [6.45, 7) is 3.96. The van der Waals surface area contributed by atoms with E-state index in [9.17, 15) is 4.79 Å². The smallest absolute Gasteiger partial charge is 0.379 e. The minimum absolute atomic E-state index is 0.204. The van der Waals surface area contributed by atoms with Crippen LogP contribution in [0.4, 0.5) is 0 Å². The zero-order valence-electron chi connectivity index (χ0n) is 11.3. The normalized spacial score (nSPS) is 10.7. The van der Waals surface area contributed by atoms with Crippen molar-refractivity contribution in [3.63, 3.8) is 0 Å². The molecule has 0 radical (unpaired) electrons. The van der Waals surface area contributed by atoms with Gasteiger partial charge in [-0.2, -0.15) is 0 Å². The zero-order valence-corrected chi connectivity index (χ0v) is 11.3. The first-order valence-electron chi connectivity index (χ1n) is 6.41. The second-order valence-corrected chi connectivity index (χ2v) is 4.81. The van der Waals surface area contributed by atoms with Crippen molar-refractivity contribution in [2.45, 2.75) is 13.8 Å². The molecule has 0 aliphatic carbocycles. The van der Waals surface area contributed by atoms with E-state index in [2.05, 4.69) is 0 Å². The molecule has 3 heteroatoms. The van der Waals surface area contributed by atoms with Gasteiger partial charge in [-0.1, -0.05) is 35.9 Å². The number of hydrogen-bond donors (Lipinski definition) is 0. The lowest BCUT2D eigenvalue weighted by molar-refractivity contribution is 0.435. The molecule has 0 atom stereocenters. The van der Waals surface area contributed by atoms with Gasteiger partial charge in [0.1, 0.15) is 11.3 Å². The Hall–Kier alpha value is -2.55. The van der Waals surface area contributed by atoms with Crippen molar-refractivity contribution < 1.29 is 9.15 Å². The summed E-state index contributed by atoms with van der Waals surface area (Å²) < 4.78 is 10.9. The van der Waals surface area contributed by atoms with E-state index in [4.69, 9.17) is 9.15 Å². The first kappa shape index (κ1) is 12.5. The highest BCUT2D eigenvalue weighted by atomic mass is 16.5. The molecule has 20 heavy (non-hydrogen) atoms. The lowest BCUT2D eigenvalue weighted by Crippen LogP contribution is -2.03. The topological polar surface area (TPSA) is 39.4 Å². The van der Waals surface area contributed by atoms with Crippen LogP contribution in [-0.2, 0) is 0 Å². The molecule has 2 aromatic carbocycles. The molecule has 0 unspecified atom stereocenters. The van der Waals surface area contributed by atoms with Crippen LogP contribution >= 0.6 is 0 Å². The fraction of sp³-hybridized carbons (Fsp3) is 0.118. The summed E-state index contributed by atoms with van der Waals surface area (Å²) >= 11 is 0. The molecular formula is C17H14O3. The van der Waals surface area contributed by atoms with Gasteiger partial charge in [-0.25, -0.2) is 4.79 Å². The van der Waals surface area contributed by atoms with E-state index in [1.54, 1.807) is 12.1 Å². The third-order valence-electron chi connectivity index (χ3n) is 3.16. The van der Waals surface area contributed by atoms with E-state index in [-0.39, 0.29) is 5.75 Å². The number of hydrogen-bond acceptors (Lipinski definition) is 3. The SMILES string of the molecule is Cc1ccc(Oc2cc3ccccc3oc2=O)c(C)c1. The van der Waals surface area contributed by atoms with Crippen LogP contribution in [0.5, 0.6) is 11.5 Å². The van der Waals surface area contributed by atoms with Crippen molar-refractivity contribution in [3.8, 4) is 11.5 Å². The quantitative estimate of drug-likeness (QED) is 0.652. The van der Waals surface area contributed by atoms with Crippen LogP contribution in [0.3, 0.4) is 0 Å². The number of ether oxygens (including phenoxy) is 1. The van der Waals surface area contributed by atoms with Crippen LogP contribution in [0, 0.1) is 13.8 Å². The Morgan fingerprint density at radius 2 is 1.75 bits per heavy atom. The average molecular weight is 266 g/mol. The molecule has 0 spiro atoms. The van der Waals surface area contributed by atoms with Crippen LogP contribution in [0.2, 0.25) is 0 Å². The Bertz CT molecular complexity index is 831. The van der Waals surface area contributed by atoms with Crippen LogP contribution in [0.25, 0.3) is 11.0 Å². The van der Waals surface area contributed by atoms with Crippen LogP contribution in [-0.4, -0.2) is 0 Å². The van der Waals surface area contributed by atoms with Crippen LogP contribution in [0.15, 0.2) is 57.7 Å². The summed E-state index contributed by atoms with van der Waals surface area (Å²) in [5, 5.41) is 0.840. The number of aryl methyl sites for hydroxylation is 2. The summed E-state index contributed by atoms with van der Waals surface area (Å²) in [4.78, 5) is 11.9. The molecule has 1 aromatic heterocycles. The summed E-state index contributed by atoms with van der Waals surface area (Å²) in [7, 11) is 0. The summed E-state index contributed by atoms with van der Waals surface area (Å²) in [5.41, 5.74) is 2.23. The van der Waals surface area contributed by atoms with E-state index < -0.39 is 5.63 Å².